The number of hydrogen-bond donors (Lipinski definition) is 2. The van der Waals surface area contributed by atoms with E-state index in [4.69, 9.17) is 4.74 Å². The van der Waals surface area contributed by atoms with Crippen LogP contribution in [0, 0.1) is 5.92 Å². The summed E-state index contributed by atoms with van der Waals surface area (Å²) in [6, 6.07) is 5.04. The molecule has 24 heavy (non-hydrogen) atoms. The quantitative estimate of drug-likeness (QED) is 0.411. The number of halogens is 1. The van der Waals surface area contributed by atoms with Crippen molar-refractivity contribution in [1.29, 1.82) is 0 Å². The number of ether oxygens (including phenoxy) is 1. The van der Waals surface area contributed by atoms with E-state index in [0.717, 1.165) is 12.0 Å². The van der Waals surface area contributed by atoms with Gasteiger partial charge in [0, 0.05) is 12.8 Å². The number of esters is 1. The summed E-state index contributed by atoms with van der Waals surface area (Å²) in [6.07, 6.45) is 7.16. The van der Waals surface area contributed by atoms with Crippen LogP contribution < -0.4 is 0 Å². The SMILES string of the molecule is C[C@H]1C/C=C/Cc2cccc(O)c2C(=O)O[C@@H](C/C=C/I)C[C@H]1O. The van der Waals surface area contributed by atoms with Gasteiger partial charge in [-0.1, -0.05) is 59.9 Å². The molecule has 0 aliphatic carbocycles. The zero-order valence-electron chi connectivity index (χ0n) is 13.7. The average Bonchev–Trinajstić information content (AvgIpc) is 2.55. The summed E-state index contributed by atoms with van der Waals surface area (Å²) < 4.78 is 7.48. The van der Waals surface area contributed by atoms with Crippen LogP contribution in [0.2, 0.25) is 0 Å². The van der Waals surface area contributed by atoms with Crippen molar-refractivity contribution in [3.8, 4) is 5.75 Å². The fourth-order valence-corrected chi connectivity index (χ4v) is 3.07. The minimum atomic E-state index is -0.543. The number of benzene rings is 1. The number of phenols is 1. The van der Waals surface area contributed by atoms with Gasteiger partial charge in [-0.25, -0.2) is 4.79 Å². The van der Waals surface area contributed by atoms with Crippen molar-refractivity contribution in [1.82, 2.24) is 0 Å². The van der Waals surface area contributed by atoms with Crippen LogP contribution in [-0.4, -0.2) is 28.4 Å². The second kappa shape index (κ2) is 9.22. The van der Waals surface area contributed by atoms with Gasteiger partial charge in [-0.15, -0.1) is 0 Å². The third-order valence-corrected chi connectivity index (χ3v) is 4.78. The van der Waals surface area contributed by atoms with Gasteiger partial charge in [0.2, 0.25) is 0 Å². The highest BCUT2D eigenvalue weighted by Gasteiger charge is 2.25. The number of aliphatic hydroxyl groups excluding tert-OH is 1. The minimum Gasteiger partial charge on any atom is -0.507 e. The number of phenolic OH excluding ortho intramolecular Hbond substituents is 1. The third kappa shape index (κ3) is 5.08. The molecule has 1 aliphatic rings. The summed E-state index contributed by atoms with van der Waals surface area (Å²) in [5.74, 6) is -0.516. The topological polar surface area (TPSA) is 66.8 Å². The van der Waals surface area contributed by atoms with E-state index in [0.29, 0.717) is 19.3 Å². The predicted molar refractivity (Wildman–Crippen MR) is 102 cm³/mol. The second-order valence-electron chi connectivity index (χ2n) is 6.13. The Balaban J connectivity index is 2.35. The lowest BCUT2D eigenvalue weighted by atomic mass is 9.94. The van der Waals surface area contributed by atoms with Gasteiger partial charge in [-0.2, -0.15) is 0 Å². The summed E-state index contributed by atoms with van der Waals surface area (Å²) >= 11 is 2.11. The van der Waals surface area contributed by atoms with Crippen LogP contribution in [0.15, 0.2) is 40.5 Å². The molecule has 3 atom stereocenters. The van der Waals surface area contributed by atoms with Gasteiger partial charge in [-0.3, -0.25) is 0 Å². The van der Waals surface area contributed by atoms with Crippen LogP contribution >= 0.6 is 22.6 Å². The Morgan fingerprint density at radius 2 is 2.17 bits per heavy atom. The molecule has 0 bridgehead atoms. The van der Waals surface area contributed by atoms with E-state index in [1.54, 1.807) is 6.07 Å². The number of carbonyl (C=O) groups excluding carboxylic acids is 1. The van der Waals surface area contributed by atoms with Crippen molar-refractivity contribution in [2.75, 3.05) is 0 Å². The molecule has 0 aromatic heterocycles. The van der Waals surface area contributed by atoms with Gasteiger partial charge in [-0.05, 0) is 34.5 Å². The van der Waals surface area contributed by atoms with Crippen LogP contribution in [0.3, 0.4) is 0 Å². The molecule has 2 rings (SSSR count). The molecular formula is C19H23IO4. The predicted octanol–water partition coefficient (Wildman–Crippen LogP) is 4.15. The highest BCUT2D eigenvalue weighted by atomic mass is 127. The molecule has 0 saturated carbocycles. The first kappa shape index (κ1) is 19.0. The maximum Gasteiger partial charge on any atom is 0.342 e. The number of hydrogen-bond acceptors (Lipinski definition) is 4. The molecule has 0 unspecified atom stereocenters. The summed E-state index contributed by atoms with van der Waals surface area (Å²) in [5, 5.41) is 20.5. The first-order valence-corrected chi connectivity index (χ1v) is 9.37. The Morgan fingerprint density at radius 3 is 2.92 bits per heavy atom. The molecule has 1 aromatic rings. The van der Waals surface area contributed by atoms with Gasteiger partial charge >= 0.3 is 5.97 Å². The van der Waals surface area contributed by atoms with Crippen LogP contribution in [0.25, 0.3) is 0 Å². The van der Waals surface area contributed by atoms with E-state index < -0.39 is 18.2 Å². The minimum absolute atomic E-state index is 0.0694. The van der Waals surface area contributed by atoms with Crippen molar-refractivity contribution in [3.63, 3.8) is 0 Å². The number of fused-ring (bicyclic) bond motifs is 1. The summed E-state index contributed by atoms with van der Waals surface area (Å²) in [7, 11) is 0. The number of aliphatic hydroxyl groups is 1. The molecule has 5 heteroatoms. The number of carbonyl (C=O) groups is 1. The molecular weight excluding hydrogens is 419 g/mol. The van der Waals surface area contributed by atoms with Gasteiger partial charge in [0.15, 0.2) is 0 Å². The zero-order chi connectivity index (χ0) is 17.5. The summed E-state index contributed by atoms with van der Waals surface area (Å²) in [6.45, 7) is 1.99. The number of rotatable bonds is 2. The fourth-order valence-electron chi connectivity index (χ4n) is 2.78. The van der Waals surface area contributed by atoms with Crippen molar-refractivity contribution in [2.24, 2.45) is 5.92 Å². The molecule has 4 nitrogen and oxygen atoms in total. The molecule has 1 aliphatic heterocycles. The first-order valence-electron chi connectivity index (χ1n) is 8.13. The summed E-state index contributed by atoms with van der Waals surface area (Å²) in [5.41, 5.74) is 0.960. The second-order valence-corrected chi connectivity index (χ2v) is 6.85. The fraction of sp³-hybridized carbons (Fsp3) is 0.421. The highest BCUT2D eigenvalue weighted by molar-refractivity contribution is 14.1. The normalized spacial score (nSPS) is 27.0. The number of cyclic esters (lactones) is 1. The molecule has 0 radical (unpaired) electrons. The lowest BCUT2D eigenvalue weighted by Crippen LogP contribution is -2.28. The highest BCUT2D eigenvalue weighted by Crippen LogP contribution is 2.26. The van der Waals surface area contributed by atoms with Gasteiger partial charge < -0.3 is 14.9 Å². The van der Waals surface area contributed by atoms with E-state index in [1.807, 2.05) is 35.3 Å². The van der Waals surface area contributed by atoms with E-state index in [1.165, 1.54) is 6.07 Å². The lowest BCUT2D eigenvalue weighted by molar-refractivity contribution is 0.00685. The average molecular weight is 442 g/mol. The van der Waals surface area contributed by atoms with Crippen molar-refractivity contribution < 1.29 is 19.7 Å². The maximum absolute atomic E-state index is 12.6. The third-order valence-electron chi connectivity index (χ3n) is 4.27. The standard InChI is InChI=1S/C19H23IO4/c1-13-6-2-3-7-14-8-4-10-16(21)18(14)19(23)24-15(9-5-11-20)12-17(13)22/h2-5,8,10-11,13,15,17,21-22H,6-7,9,12H2,1H3/b3-2+,11-5+/t13-,15-,17+/m0/s1. The number of allylic oxidation sites excluding steroid dienone is 2. The first-order chi connectivity index (χ1) is 11.5. The zero-order valence-corrected chi connectivity index (χ0v) is 15.8. The molecule has 0 spiro atoms. The van der Waals surface area contributed by atoms with Crippen LogP contribution in [0.1, 0.15) is 42.1 Å². The van der Waals surface area contributed by atoms with Gasteiger partial charge in [0.1, 0.15) is 17.4 Å². The van der Waals surface area contributed by atoms with Crippen molar-refractivity contribution in [3.05, 3.63) is 51.6 Å². The Kier molecular flexibility index (Phi) is 7.30. The number of aromatic hydroxyl groups is 1. The van der Waals surface area contributed by atoms with E-state index in [9.17, 15) is 15.0 Å². The Labute approximate surface area is 156 Å². The van der Waals surface area contributed by atoms with Gasteiger partial charge in [0.05, 0.1) is 6.10 Å². The smallest absolute Gasteiger partial charge is 0.342 e. The van der Waals surface area contributed by atoms with E-state index in [-0.39, 0.29) is 17.2 Å². The van der Waals surface area contributed by atoms with E-state index >= 15 is 0 Å². The molecule has 2 N–H and O–H groups in total. The monoisotopic (exact) mass is 442 g/mol. The largest absolute Gasteiger partial charge is 0.507 e. The summed E-state index contributed by atoms with van der Waals surface area (Å²) in [4.78, 5) is 12.6. The van der Waals surface area contributed by atoms with Crippen LogP contribution in [-0.2, 0) is 11.2 Å². The Bertz CT molecular complexity index is 624. The molecule has 130 valence electrons. The molecule has 0 fully saturated rings. The van der Waals surface area contributed by atoms with E-state index in [2.05, 4.69) is 22.6 Å². The molecule has 0 saturated heterocycles. The van der Waals surface area contributed by atoms with Crippen LogP contribution in [0.4, 0.5) is 0 Å². The van der Waals surface area contributed by atoms with Crippen LogP contribution in [0.5, 0.6) is 5.75 Å². The van der Waals surface area contributed by atoms with Gasteiger partial charge in [0.25, 0.3) is 0 Å². The van der Waals surface area contributed by atoms with Crippen molar-refractivity contribution in [2.45, 2.75) is 44.8 Å². The van der Waals surface area contributed by atoms with Crippen molar-refractivity contribution >= 4 is 28.6 Å². The Hall–Kier alpha value is -1.34. The molecule has 0 amide bonds. The lowest BCUT2D eigenvalue weighted by Gasteiger charge is -2.24. The Morgan fingerprint density at radius 1 is 1.38 bits per heavy atom. The molecule has 1 heterocycles. The maximum atomic E-state index is 12.6. The molecule has 1 aromatic carbocycles.